The Hall–Kier alpha value is -2.65. The molecule has 0 aliphatic carbocycles. The van der Waals surface area contributed by atoms with E-state index < -0.39 is 17.3 Å². The molecule has 7 nitrogen and oxygen atoms in total. The number of hydrogen-bond acceptors (Lipinski definition) is 6. The molecule has 0 saturated carbocycles. The van der Waals surface area contributed by atoms with Gasteiger partial charge < -0.3 is 15.0 Å². The van der Waals surface area contributed by atoms with Gasteiger partial charge in [0, 0.05) is 30.7 Å². The molecule has 1 aliphatic heterocycles. The van der Waals surface area contributed by atoms with Gasteiger partial charge in [-0.25, -0.2) is 4.79 Å². The van der Waals surface area contributed by atoms with Crippen molar-refractivity contribution in [3.8, 4) is 0 Å². The van der Waals surface area contributed by atoms with Gasteiger partial charge in [-0.05, 0) is 49.6 Å². The van der Waals surface area contributed by atoms with Crippen LogP contribution in [0.2, 0.25) is 0 Å². The molecular weight excluding hydrogens is 414 g/mol. The molecule has 2 heterocycles. The van der Waals surface area contributed by atoms with Crippen molar-refractivity contribution in [3.05, 3.63) is 76.2 Å². The normalized spacial score (nSPS) is 16.4. The van der Waals surface area contributed by atoms with Crippen LogP contribution in [-0.2, 0) is 22.8 Å². The van der Waals surface area contributed by atoms with Crippen molar-refractivity contribution in [1.82, 2.24) is 8.87 Å². The van der Waals surface area contributed by atoms with Crippen molar-refractivity contribution >= 4 is 28.1 Å². The fraction of sp³-hybridized carbons (Fsp3) is 0.304. The summed E-state index contributed by atoms with van der Waals surface area (Å²) in [4.78, 5) is 25.9. The molecule has 8 heteroatoms. The van der Waals surface area contributed by atoms with Crippen LogP contribution < -0.4 is 11.3 Å². The fourth-order valence-electron chi connectivity index (χ4n) is 3.84. The van der Waals surface area contributed by atoms with Crippen LogP contribution >= 0.6 is 0 Å². The summed E-state index contributed by atoms with van der Waals surface area (Å²) in [6.45, 7) is 3.00. The first-order valence-corrected chi connectivity index (χ1v) is 11.3. The SMILES string of the molecule is Cc1cn(COC(=O)c2ccccc2)c(=O)c2cccc([S+]([O-])N3CCC(N)CC3)c12. The highest BCUT2D eigenvalue weighted by Crippen LogP contribution is 2.28. The van der Waals surface area contributed by atoms with Crippen molar-refractivity contribution in [1.29, 1.82) is 0 Å². The highest BCUT2D eigenvalue weighted by atomic mass is 32.2. The lowest BCUT2D eigenvalue weighted by atomic mass is 10.1. The minimum absolute atomic E-state index is 0.147. The molecule has 3 aromatic rings. The van der Waals surface area contributed by atoms with Gasteiger partial charge in [0.2, 0.25) is 0 Å². The Kier molecular flexibility index (Phi) is 6.43. The maximum absolute atomic E-state index is 13.3. The van der Waals surface area contributed by atoms with Crippen molar-refractivity contribution in [2.24, 2.45) is 5.73 Å². The van der Waals surface area contributed by atoms with E-state index in [4.69, 9.17) is 10.5 Å². The van der Waals surface area contributed by atoms with Crippen molar-refractivity contribution in [2.75, 3.05) is 13.1 Å². The number of fused-ring (bicyclic) bond motifs is 1. The number of aromatic nitrogens is 1. The molecule has 1 atom stereocenters. The molecule has 31 heavy (non-hydrogen) atoms. The summed E-state index contributed by atoms with van der Waals surface area (Å²) in [5.41, 5.74) is 6.90. The lowest BCUT2D eigenvalue weighted by Crippen LogP contribution is -2.42. The number of ether oxygens (including phenoxy) is 1. The largest absolute Gasteiger partial charge is 0.593 e. The topological polar surface area (TPSA) is 101 Å². The Labute approximate surface area is 183 Å². The molecule has 162 valence electrons. The van der Waals surface area contributed by atoms with E-state index in [2.05, 4.69) is 0 Å². The van der Waals surface area contributed by atoms with Gasteiger partial charge in [-0.15, -0.1) is 4.31 Å². The van der Waals surface area contributed by atoms with Gasteiger partial charge in [0.25, 0.3) is 5.56 Å². The Balaban J connectivity index is 1.62. The van der Waals surface area contributed by atoms with E-state index in [-0.39, 0.29) is 18.3 Å². The number of hydrogen-bond donors (Lipinski definition) is 1. The van der Waals surface area contributed by atoms with Gasteiger partial charge in [0.05, 0.1) is 22.3 Å². The summed E-state index contributed by atoms with van der Waals surface area (Å²) in [6.07, 6.45) is 3.25. The van der Waals surface area contributed by atoms with E-state index in [9.17, 15) is 14.1 Å². The Morgan fingerprint density at radius 2 is 1.87 bits per heavy atom. The third-order valence-electron chi connectivity index (χ3n) is 5.53. The highest BCUT2D eigenvalue weighted by Gasteiger charge is 2.29. The van der Waals surface area contributed by atoms with Crippen LogP contribution in [0, 0.1) is 6.92 Å². The average molecular weight is 440 g/mol. The van der Waals surface area contributed by atoms with Gasteiger partial charge in [0.1, 0.15) is 0 Å². The van der Waals surface area contributed by atoms with E-state index in [0.29, 0.717) is 34.3 Å². The number of carbonyl (C=O) groups is 1. The number of carbonyl (C=O) groups excluding carboxylic acids is 1. The molecule has 1 unspecified atom stereocenters. The zero-order valence-corrected chi connectivity index (χ0v) is 18.1. The van der Waals surface area contributed by atoms with Crippen LogP contribution in [0.1, 0.15) is 28.8 Å². The van der Waals surface area contributed by atoms with E-state index in [1.807, 2.05) is 17.3 Å². The number of esters is 1. The molecule has 0 radical (unpaired) electrons. The van der Waals surface area contributed by atoms with Crippen molar-refractivity contribution in [3.63, 3.8) is 0 Å². The second-order valence-corrected chi connectivity index (χ2v) is 9.16. The summed E-state index contributed by atoms with van der Waals surface area (Å²) in [5, 5.41) is 1.14. The third kappa shape index (κ3) is 4.52. The summed E-state index contributed by atoms with van der Waals surface area (Å²) < 4.78 is 21.9. The monoisotopic (exact) mass is 439 g/mol. The van der Waals surface area contributed by atoms with Gasteiger partial charge in [-0.2, -0.15) is 0 Å². The summed E-state index contributed by atoms with van der Waals surface area (Å²) in [5.74, 6) is -0.497. The zero-order chi connectivity index (χ0) is 22.0. The Morgan fingerprint density at radius 1 is 1.16 bits per heavy atom. The van der Waals surface area contributed by atoms with Gasteiger partial charge in [-0.3, -0.25) is 9.36 Å². The fourth-order valence-corrected chi connectivity index (χ4v) is 5.30. The summed E-state index contributed by atoms with van der Waals surface area (Å²) >= 11 is -1.38. The first-order valence-electron chi connectivity index (χ1n) is 10.2. The summed E-state index contributed by atoms with van der Waals surface area (Å²) in [6, 6.07) is 14.0. The molecule has 2 aromatic carbocycles. The number of pyridine rings is 1. The van der Waals surface area contributed by atoms with Gasteiger partial charge in [0.15, 0.2) is 11.6 Å². The van der Waals surface area contributed by atoms with E-state index in [1.165, 1.54) is 4.57 Å². The van der Waals surface area contributed by atoms with Crippen LogP contribution in [0.3, 0.4) is 0 Å². The van der Waals surface area contributed by atoms with Gasteiger partial charge >= 0.3 is 5.97 Å². The van der Waals surface area contributed by atoms with Crippen LogP contribution in [0.25, 0.3) is 10.8 Å². The predicted octanol–water partition coefficient (Wildman–Crippen LogP) is 2.57. The quantitative estimate of drug-likeness (QED) is 0.484. The second-order valence-electron chi connectivity index (χ2n) is 7.71. The number of nitrogens with zero attached hydrogens (tertiary/aromatic N) is 2. The maximum Gasteiger partial charge on any atom is 0.339 e. The van der Waals surface area contributed by atoms with Crippen LogP contribution in [0.4, 0.5) is 0 Å². The molecule has 1 aliphatic rings. The first kappa shape index (κ1) is 21.6. The van der Waals surface area contributed by atoms with E-state index in [1.54, 1.807) is 48.7 Å². The second kappa shape index (κ2) is 9.23. The molecule has 1 saturated heterocycles. The van der Waals surface area contributed by atoms with E-state index in [0.717, 1.165) is 18.4 Å². The summed E-state index contributed by atoms with van der Waals surface area (Å²) in [7, 11) is 0. The van der Waals surface area contributed by atoms with Crippen molar-refractivity contribution in [2.45, 2.75) is 37.4 Å². The molecule has 2 N–H and O–H groups in total. The molecule has 1 fully saturated rings. The number of aryl methyl sites for hydroxylation is 1. The third-order valence-corrected chi connectivity index (χ3v) is 7.08. The first-order chi connectivity index (χ1) is 15.0. The van der Waals surface area contributed by atoms with Crippen LogP contribution in [-0.4, -0.2) is 38.5 Å². The molecular formula is C23H25N3O4S. The van der Waals surface area contributed by atoms with Crippen LogP contribution in [0.15, 0.2) is 64.4 Å². The number of nitrogens with two attached hydrogens (primary N) is 1. The standard InChI is InChI=1S/C23H25N3O4S/c1-16-14-25(15-30-23(28)17-6-3-2-4-7-17)22(27)19-8-5-9-20(21(16)19)31(29)26-12-10-18(24)11-13-26/h2-9,14,18H,10-13,15,24H2,1H3. The van der Waals surface area contributed by atoms with Crippen LogP contribution in [0.5, 0.6) is 0 Å². The molecule has 0 spiro atoms. The highest BCUT2D eigenvalue weighted by molar-refractivity contribution is 7.89. The zero-order valence-electron chi connectivity index (χ0n) is 17.3. The van der Waals surface area contributed by atoms with Crippen molar-refractivity contribution < 1.29 is 14.1 Å². The Morgan fingerprint density at radius 3 is 2.58 bits per heavy atom. The molecule has 0 amide bonds. The lowest BCUT2D eigenvalue weighted by molar-refractivity contribution is 0.0366. The Bertz CT molecular complexity index is 1140. The van der Waals surface area contributed by atoms with Gasteiger partial charge in [-0.1, -0.05) is 24.3 Å². The van der Waals surface area contributed by atoms with E-state index >= 15 is 0 Å². The lowest BCUT2D eigenvalue weighted by Gasteiger charge is -2.30. The molecule has 1 aromatic heterocycles. The maximum atomic E-state index is 13.3. The number of benzene rings is 2. The number of rotatable bonds is 5. The minimum Gasteiger partial charge on any atom is -0.593 e. The molecule has 0 bridgehead atoms. The number of piperidine rings is 1. The average Bonchev–Trinajstić information content (AvgIpc) is 2.80. The molecule has 4 rings (SSSR count). The smallest absolute Gasteiger partial charge is 0.339 e. The minimum atomic E-state index is -1.38. The predicted molar refractivity (Wildman–Crippen MR) is 120 cm³/mol.